The summed E-state index contributed by atoms with van der Waals surface area (Å²) in [7, 11) is 1.53. The van der Waals surface area contributed by atoms with Crippen molar-refractivity contribution in [3.05, 3.63) is 60.2 Å². The van der Waals surface area contributed by atoms with Gasteiger partial charge >= 0.3 is 0 Å². The summed E-state index contributed by atoms with van der Waals surface area (Å²) < 4.78 is 5.42. The normalized spacial score (nSPS) is 17.2. The van der Waals surface area contributed by atoms with E-state index in [9.17, 15) is 15.3 Å². The molecule has 1 amide bonds. The fourth-order valence-corrected chi connectivity index (χ4v) is 3.43. The van der Waals surface area contributed by atoms with Gasteiger partial charge in [-0.25, -0.2) is 5.01 Å². The van der Waals surface area contributed by atoms with Crippen molar-refractivity contribution in [3.8, 4) is 17.9 Å². The van der Waals surface area contributed by atoms with Crippen molar-refractivity contribution in [3.63, 3.8) is 0 Å². The number of anilines is 1. The lowest BCUT2D eigenvalue weighted by molar-refractivity contribution is -0.120. The van der Waals surface area contributed by atoms with E-state index in [0.29, 0.717) is 22.7 Å². The molecule has 3 rings (SSSR count). The topological polar surface area (TPSA) is 89.5 Å². The number of amides is 1. The lowest BCUT2D eigenvalue weighted by Crippen LogP contribution is -2.34. The lowest BCUT2D eigenvalue weighted by Gasteiger charge is -2.25. The Labute approximate surface area is 157 Å². The van der Waals surface area contributed by atoms with Crippen LogP contribution in [0.25, 0.3) is 0 Å². The summed E-state index contributed by atoms with van der Waals surface area (Å²) >= 11 is 0. The van der Waals surface area contributed by atoms with Gasteiger partial charge in [0.1, 0.15) is 11.7 Å². The van der Waals surface area contributed by atoms with Crippen LogP contribution in [0, 0.1) is 34.5 Å². The summed E-state index contributed by atoms with van der Waals surface area (Å²) in [5.74, 6) is -2.13. The van der Waals surface area contributed by atoms with Crippen LogP contribution in [0.4, 0.5) is 5.69 Å². The SMILES string of the molecule is COc1ccccc1[C@H](C(C#N)C#N)[C@@H]1C(=O)N(c2ccccc2)N=C1C. The van der Waals surface area contributed by atoms with Gasteiger partial charge in [0.2, 0.25) is 0 Å². The van der Waals surface area contributed by atoms with Crippen LogP contribution in [0.2, 0.25) is 0 Å². The van der Waals surface area contributed by atoms with E-state index in [1.54, 1.807) is 43.3 Å². The van der Waals surface area contributed by atoms with Crippen molar-refractivity contribution in [2.45, 2.75) is 12.8 Å². The molecule has 134 valence electrons. The van der Waals surface area contributed by atoms with Crippen LogP contribution in [0.3, 0.4) is 0 Å². The average molecular weight is 358 g/mol. The predicted molar refractivity (Wildman–Crippen MR) is 101 cm³/mol. The molecule has 0 saturated heterocycles. The standard InChI is InChI=1S/C21H18N4O2/c1-14-19(21(26)25(24-14)16-8-4-3-5-9-16)20(15(12-22)13-23)17-10-6-7-11-18(17)27-2/h3-11,15,19-20H,1-2H3/t19-,20+/m1/s1. The summed E-state index contributed by atoms with van der Waals surface area (Å²) in [6, 6.07) is 20.3. The Hall–Kier alpha value is -3.64. The zero-order chi connectivity index (χ0) is 19.4. The van der Waals surface area contributed by atoms with Gasteiger partial charge in [-0.1, -0.05) is 36.4 Å². The van der Waals surface area contributed by atoms with Crippen LogP contribution in [0.5, 0.6) is 5.75 Å². The number of hydrogen-bond donors (Lipinski definition) is 0. The summed E-state index contributed by atoms with van der Waals surface area (Å²) in [6.45, 7) is 1.75. The maximum absolute atomic E-state index is 13.2. The smallest absolute Gasteiger partial charge is 0.256 e. The zero-order valence-corrected chi connectivity index (χ0v) is 15.0. The molecular weight excluding hydrogens is 340 g/mol. The Morgan fingerprint density at radius 2 is 1.70 bits per heavy atom. The summed E-state index contributed by atoms with van der Waals surface area (Å²) in [4.78, 5) is 13.2. The van der Waals surface area contributed by atoms with Gasteiger partial charge in [-0.05, 0) is 25.1 Å². The number of carbonyl (C=O) groups excluding carboxylic acids is 1. The number of hydrazone groups is 1. The minimum atomic E-state index is -1.02. The number of benzene rings is 2. The zero-order valence-electron chi connectivity index (χ0n) is 15.0. The van der Waals surface area contributed by atoms with Gasteiger partial charge in [-0.2, -0.15) is 15.6 Å². The summed E-state index contributed by atoms with van der Waals surface area (Å²) in [5, 5.41) is 24.9. The number of ether oxygens (including phenoxy) is 1. The molecule has 0 N–H and O–H groups in total. The van der Waals surface area contributed by atoms with E-state index in [2.05, 4.69) is 5.10 Å². The van der Waals surface area contributed by atoms with Gasteiger partial charge in [-0.3, -0.25) is 4.79 Å². The number of hydrogen-bond acceptors (Lipinski definition) is 5. The Balaban J connectivity index is 2.09. The molecule has 2 atom stereocenters. The van der Waals surface area contributed by atoms with Crippen molar-refractivity contribution in [2.24, 2.45) is 16.9 Å². The monoisotopic (exact) mass is 358 g/mol. The van der Waals surface area contributed by atoms with E-state index in [-0.39, 0.29) is 5.91 Å². The lowest BCUT2D eigenvalue weighted by atomic mass is 9.75. The molecule has 6 nitrogen and oxygen atoms in total. The number of carbonyl (C=O) groups is 1. The van der Waals surface area contributed by atoms with Crippen LogP contribution in [0.15, 0.2) is 59.7 Å². The molecule has 1 aliphatic rings. The molecule has 0 unspecified atom stereocenters. The first-order chi connectivity index (χ1) is 13.1. The van der Waals surface area contributed by atoms with Gasteiger partial charge in [0, 0.05) is 17.2 Å². The number of nitrogens with zero attached hydrogens (tertiary/aromatic N) is 4. The first kappa shape index (κ1) is 18.2. The molecule has 2 aromatic carbocycles. The third kappa shape index (κ3) is 3.26. The number of nitriles is 2. The molecule has 0 spiro atoms. The second-order valence-electron chi connectivity index (χ2n) is 6.21. The van der Waals surface area contributed by atoms with E-state index in [4.69, 9.17) is 4.74 Å². The minimum absolute atomic E-state index is 0.259. The van der Waals surface area contributed by atoms with Gasteiger partial charge < -0.3 is 4.74 Å². The highest BCUT2D eigenvalue weighted by molar-refractivity contribution is 6.15. The van der Waals surface area contributed by atoms with Crippen LogP contribution >= 0.6 is 0 Å². The van der Waals surface area contributed by atoms with E-state index in [0.717, 1.165) is 0 Å². The van der Waals surface area contributed by atoms with Crippen molar-refractivity contribution in [2.75, 3.05) is 12.1 Å². The minimum Gasteiger partial charge on any atom is -0.496 e. The molecule has 0 saturated carbocycles. The molecule has 0 aliphatic carbocycles. The molecule has 27 heavy (non-hydrogen) atoms. The van der Waals surface area contributed by atoms with Crippen molar-refractivity contribution in [1.29, 1.82) is 10.5 Å². The second-order valence-corrected chi connectivity index (χ2v) is 6.21. The molecule has 2 aromatic rings. The first-order valence-electron chi connectivity index (χ1n) is 8.48. The Kier molecular flexibility index (Phi) is 5.19. The highest BCUT2D eigenvalue weighted by Crippen LogP contribution is 2.41. The van der Waals surface area contributed by atoms with Crippen LogP contribution < -0.4 is 9.75 Å². The molecule has 1 heterocycles. The van der Waals surface area contributed by atoms with Gasteiger partial charge in [0.25, 0.3) is 5.91 Å². The third-order valence-electron chi connectivity index (χ3n) is 4.68. The van der Waals surface area contributed by atoms with E-state index in [1.807, 2.05) is 30.3 Å². The molecule has 1 aliphatic heterocycles. The van der Waals surface area contributed by atoms with Gasteiger partial charge in [0.05, 0.1) is 30.9 Å². The quantitative estimate of drug-likeness (QED) is 0.818. The second kappa shape index (κ2) is 7.72. The Morgan fingerprint density at radius 1 is 1.07 bits per heavy atom. The van der Waals surface area contributed by atoms with Gasteiger partial charge in [0.15, 0.2) is 0 Å². The summed E-state index contributed by atoms with van der Waals surface area (Å²) in [5.41, 5.74) is 1.86. The predicted octanol–water partition coefficient (Wildman–Crippen LogP) is 3.48. The molecule has 0 radical (unpaired) electrons. The van der Waals surface area contributed by atoms with Crippen LogP contribution in [-0.4, -0.2) is 18.7 Å². The fourth-order valence-electron chi connectivity index (χ4n) is 3.43. The largest absolute Gasteiger partial charge is 0.496 e. The first-order valence-corrected chi connectivity index (χ1v) is 8.48. The number of rotatable bonds is 5. The molecule has 0 aromatic heterocycles. The molecule has 0 fully saturated rings. The molecule has 0 bridgehead atoms. The highest BCUT2D eigenvalue weighted by atomic mass is 16.5. The molecular formula is C21H18N4O2. The Morgan fingerprint density at radius 3 is 2.33 bits per heavy atom. The summed E-state index contributed by atoms with van der Waals surface area (Å²) in [6.07, 6.45) is 0. The fraction of sp³-hybridized carbons (Fsp3) is 0.238. The van der Waals surface area contributed by atoms with E-state index >= 15 is 0 Å². The third-order valence-corrected chi connectivity index (χ3v) is 4.68. The average Bonchev–Trinajstić information content (AvgIpc) is 3.01. The van der Waals surface area contributed by atoms with Gasteiger partial charge in [-0.15, -0.1) is 0 Å². The number of para-hydroxylation sites is 2. The van der Waals surface area contributed by atoms with Crippen molar-refractivity contribution < 1.29 is 9.53 Å². The van der Waals surface area contributed by atoms with Crippen LogP contribution in [0.1, 0.15) is 18.4 Å². The van der Waals surface area contributed by atoms with Crippen molar-refractivity contribution in [1.82, 2.24) is 0 Å². The van der Waals surface area contributed by atoms with E-state index < -0.39 is 17.8 Å². The van der Waals surface area contributed by atoms with E-state index in [1.165, 1.54) is 12.1 Å². The van der Waals surface area contributed by atoms with Crippen LogP contribution in [-0.2, 0) is 4.79 Å². The highest BCUT2D eigenvalue weighted by Gasteiger charge is 2.45. The number of methoxy groups -OCH3 is 1. The maximum atomic E-state index is 13.2. The maximum Gasteiger partial charge on any atom is 0.256 e. The van der Waals surface area contributed by atoms with Crippen molar-refractivity contribution >= 4 is 17.3 Å². The Bertz CT molecular complexity index is 942. The molecule has 6 heteroatoms.